The molecule has 0 amide bonds. The third kappa shape index (κ3) is 3.29. The lowest BCUT2D eigenvalue weighted by Gasteiger charge is -2.51. The molecule has 5 unspecified atom stereocenters. The zero-order valence-electron chi connectivity index (χ0n) is 22.9. The number of rotatable bonds is 2. The van der Waals surface area contributed by atoms with Gasteiger partial charge in [-0.1, -0.05) is 31.2 Å². The Morgan fingerprint density at radius 1 is 0.921 bits per heavy atom. The predicted molar refractivity (Wildman–Crippen MR) is 150 cm³/mol. The molecule has 4 fully saturated rings. The van der Waals surface area contributed by atoms with Crippen molar-refractivity contribution < 1.29 is 14.6 Å². The fourth-order valence-corrected chi connectivity index (χ4v) is 10.0. The van der Waals surface area contributed by atoms with E-state index in [-0.39, 0.29) is 11.2 Å². The summed E-state index contributed by atoms with van der Waals surface area (Å²) in [4.78, 5) is 4.37. The van der Waals surface area contributed by atoms with E-state index in [0.29, 0.717) is 34.6 Å². The van der Waals surface area contributed by atoms with Crippen LogP contribution in [0.5, 0.6) is 0 Å². The van der Waals surface area contributed by atoms with E-state index in [0.717, 1.165) is 38.5 Å². The van der Waals surface area contributed by atoms with Gasteiger partial charge in [-0.25, -0.2) is 5.21 Å². The van der Waals surface area contributed by atoms with Gasteiger partial charge >= 0.3 is 0 Å². The number of hydrogen-bond acceptors (Lipinski definition) is 3. The Labute approximate surface area is 227 Å². The fourth-order valence-electron chi connectivity index (χ4n) is 10.0. The van der Waals surface area contributed by atoms with E-state index < -0.39 is 0 Å². The van der Waals surface area contributed by atoms with Crippen LogP contribution in [0.15, 0.2) is 60.0 Å². The van der Waals surface area contributed by atoms with Crippen LogP contribution in [0.1, 0.15) is 102 Å². The van der Waals surface area contributed by atoms with Crippen molar-refractivity contribution in [2.45, 2.75) is 126 Å². The normalized spacial score (nSPS) is 44.0. The van der Waals surface area contributed by atoms with E-state index >= 15 is 0 Å². The van der Waals surface area contributed by atoms with E-state index in [9.17, 15) is 5.21 Å². The molecule has 1 aromatic heterocycles. The molecule has 1 saturated carbocycles. The highest BCUT2D eigenvalue weighted by molar-refractivity contribution is 5.82. The molecule has 2 aromatic rings. The first-order valence-corrected chi connectivity index (χ1v) is 15.6. The minimum Gasteiger partial charge on any atom is -0.359 e. The van der Waals surface area contributed by atoms with Crippen LogP contribution < -0.4 is 0 Å². The molecule has 5 atom stereocenters. The Morgan fingerprint density at radius 2 is 1.76 bits per heavy atom. The maximum Gasteiger partial charge on any atom is 0.123 e. The van der Waals surface area contributed by atoms with Crippen molar-refractivity contribution in [3.63, 3.8) is 0 Å². The van der Waals surface area contributed by atoms with E-state index in [1.165, 1.54) is 72.4 Å². The summed E-state index contributed by atoms with van der Waals surface area (Å²) in [6.07, 6.45) is 24.1. The Morgan fingerprint density at radius 3 is 2.61 bits per heavy atom. The number of benzene rings is 1. The number of hydrogen-bond donors (Lipinski definition) is 1. The van der Waals surface area contributed by atoms with Gasteiger partial charge in [-0.2, -0.15) is 4.65 Å². The zero-order chi connectivity index (χ0) is 25.5. The molecule has 2 aliphatic carbocycles. The van der Waals surface area contributed by atoms with Gasteiger partial charge in [-0.3, -0.25) is 4.98 Å². The number of fused-ring (bicyclic) bond motifs is 3. The summed E-state index contributed by atoms with van der Waals surface area (Å²) >= 11 is 0. The highest BCUT2D eigenvalue weighted by Crippen LogP contribution is 2.61. The largest absolute Gasteiger partial charge is 0.359 e. The highest BCUT2D eigenvalue weighted by Gasteiger charge is 2.65. The number of pyridine rings is 1. The SMILES string of the molecule is CC1CCC(c2ccc3ccncc3c2)CCC=C2C=C3CCC([N+]4(O)C5CCC4CC5)CC34CCC21O4. The standard InChI is InChI=1S/C34H43N2O2/c1-23-5-6-24(26-8-7-25-15-18-35-22-27(25)19-26)3-2-4-29-20-28-9-10-32(21-33(28)16-17-34(23,29)38-33)36(37)30-11-12-31(36)14-13-30/h4,7-8,15,18-20,22-24,30-32,37H,2-3,5-6,9-14,16-17,21H2,1H3/q+1. The first kappa shape index (κ1) is 23.8. The number of nitrogens with zero attached hydrogens (tertiary/aromatic N) is 2. The van der Waals surface area contributed by atoms with Crippen molar-refractivity contribution >= 4 is 10.8 Å². The van der Waals surface area contributed by atoms with E-state index in [4.69, 9.17) is 4.74 Å². The molecular formula is C34H43N2O2+. The van der Waals surface area contributed by atoms with Crippen LogP contribution in [-0.4, -0.2) is 44.2 Å². The zero-order valence-corrected chi connectivity index (χ0v) is 22.9. The topological polar surface area (TPSA) is 42.4 Å². The third-order valence-corrected chi connectivity index (χ3v) is 12.2. The second kappa shape index (κ2) is 8.49. The summed E-state index contributed by atoms with van der Waals surface area (Å²) in [6, 6.07) is 10.4. The maximum absolute atomic E-state index is 12.0. The molecule has 5 heterocycles. The first-order chi connectivity index (χ1) is 18.5. The van der Waals surface area contributed by atoms with Crippen molar-refractivity contribution in [1.82, 2.24) is 4.98 Å². The number of ether oxygens (including phenoxy) is 1. The molecule has 2 spiro atoms. The molecule has 38 heavy (non-hydrogen) atoms. The minimum absolute atomic E-state index is 0.136. The fraction of sp³-hybridized carbons (Fsp3) is 0.618. The predicted octanol–water partition coefficient (Wildman–Crippen LogP) is 7.77. The van der Waals surface area contributed by atoms with Crippen LogP contribution >= 0.6 is 0 Å². The molecule has 6 aliphatic rings. The van der Waals surface area contributed by atoms with Crippen LogP contribution in [0.25, 0.3) is 10.8 Å². The van der Waals surface area contributed by atoms with Gasteiger partial charge in [0.15, 0.2) is 0 Å². The van der Waals surface area contributed by atoms with Gasteiger partial charge in [0.2, 0.25) is 0 Å². The number of allylic oxidation sites excluding steroid dienone is 1. The lowest BCUT2D eigenvalue weighted by Crippen LogP contribution is -2.61. The third-order valence-electron chi connectivity index (χ3n) is 12.2. The van der Waals surface area contributed by atoms with E-state index in [1.54, 1.807) is 0 Å². The lowest BCUT2D eigenvalue weighted by molar-refractivity contribution is -1.14. The van der Waals surface area contributed by atoms with Crippen molar-refractivity contribution in [3.05, 3.63) is 65.5 Å². The Hall–Kier alpha value is -2.01. The average molecular weight is 512 g/mol. The summed E-state index contributed by atoms with van der Waals surface area (Å²) in [6.45, 7) is 2.46. The van der Waals surface area contributed by atoms with Gasteiger partial charge < -0.3 is 4.74 Å². The molecule has 1 N–H and O–H groups in total. The molecule has 4 nitrogen and oxygen atoms in total. The second-order valence-corrected chi connectivity index (χ2v) is 13.7. The van der Waals surface area contributed by atoms with Gasteiger partial charge in [0, 0.05) is 56.3 Å². The van der Waals surface area contributed by atoms with Crippen LogP contribution in [0.3, 0.4) is 0 Å². The number of aromatic nitrogens is 1. The average Bonchev–Trinajstić information content (AvgIpc) is 3.58. The first-order valence-electron chi connectivity index (χ1n) is 15.6. The molecule has 4 heteroatoms. The molecule has 3 saturated heterocycles. The molecule has 1 aromatic carbocycles. The minimum atomic E-state index is -0.141. The van der Waals surface area contributed by atoms with Gasteiger partial charge in [0.05, 0.1) is 11.2 Å². The highest BCUT2D eigenvalue weighted by atomic mass is 16.6. The Bertz CT molecular complexity index is 1310. The van der Waals surface area contributed by atoms with Crippen LogP contribution in [0.2, 0.25) is 0 Å². The smallest absolute Gasteiger partial charge is 0.123 e. The van der Waals surface area contributed by atoms with E-state index in [1.807, 2.05) is 12.4 Å². The van der Waals surface area contributed by atoms with Crippen LogP contribution in [0, 0.1) is 5.92 Å². The van der Waals surface area contributed by atoms with Crippen molar-refractivity contribution in [2.75, 3.05) is 0 Å². The lowest BCUT2D eigenvalue weighted by atomic mass is 9.73. The van der Waals surface area contributed by atoms with Gasteiger partial charge in [0.1, 0.15) is 18.1 Å². The van der Waals surface area contributed by atoms with Crippen molar-refractivity contribution in [1.29, 1.82) is 0 Å². The van der Waals surface area contributed by atoms with Crippen molar-refractivity contribution in [3.8, 4) is 0 Å². The molecule has 0 radical (unpaired) electrons. The summed E-state index contributed by atoms with van der Waals surface area (Å²) in [5.41, 5.74) is 4.20. The van der Waals surface area contributed by atoms with Gasteiger partial charge in [-0.05, 0) is 91.0 Å². The molecule has 200 valence electrons. The summed E-state index contributed by atoms with van der Waals surface area (Å²) in [7, 11) is 0. The second-order valence-electron chi connectivity index (χ2n) is 13.7. The molecular weight excluding hydrogens is 468 g/mol. The molecule has 4 bridgehead atoms. The van der Waals surface area contributed by atoms with Crippen molar-refractivity contribution in [2.24, 2.45) is 5.92 Å². The quantitative estimate of drug-likeness (QED) is 0.419. The van der Waals surface area contributed by atoms with Gasteiger partial charge in [0.25, 0.3) is 0 Å². The molecule has 4 aliphatic heterocycles. The van der Waals surface area contributed by atoms with E-state index in [2.05, 4.69) is 48.3 Å². The molecule has 8 rings (SSSR count). The van der Waals surface area contributed by atoms with Crippen LogP contribution in [0.4, 0.5) is 0 Å². The number of hydroxylamine groups is 3. The van der Waals surface area contributed by atoms with Gasteiger partial charge in [-0.15, -0.1) is 0 Å². The summed E-state index contributed by atoms with van der Waals surface area (Å²) in [5.74, 6) is 1.07. The number of quaternary nitrogens is 1. The Kier molecular flexibility index (Phi) is 5.33. The summed E-state index contributed by atoms with van der Waals surface area (Å²) in [5, 5.41) is 14.5. The Balaban J connectivity index is 1.08. The maximum atomic E-state index is 12.0. The summed E-state index contributed by atoms with van der Waals surface area (Å²) < 4.78 is 7.82. The van der Waals surface area contributed by atoms with Crippen LogP contribution in [-0.2, 0) is 4.74 Å². The monoisotopic (exact) mass is 511 g/mol.